The van der Waals surface area contributed by atoms with E-state index in [0.717, 1.165) is 33.8 Å². The summed E-state index contributed by atoms with van der Waals surface area (Å²) in [6, 6.07) is 8.99. The molecule has 0 atom stereocenters. The van der Waals surface area contributed by atoms with E-state index in [2.05, 4.69) is 121 Å². The number of benzene rings is 2. The van der Waals surface area contributed by atoms with Gasteiger partial charge in [0.1, 0.15) is 11.5 Å². The van der Waals surface area contributed by atoms with Crippen LogP contribution in [0.3, 0.4) is 0 Å². The lowest BCUT2D eigenvalue weighted by Crippen LogP contribution is -2.34. The van der Waals surface area contributed by atoms with Crippen LogP contribution in [0.2, 0.25) is 0 Å². The van der Waals surface area contributed by atoms with Crippen molar-refractivity contribution >= 4 is 7.32 Å². The van der Waals surface area contributed by atoms with Crippen LogP contribution in [-0.4, -0.2) is 12.3 Å². The first kappa shape index (κ1) is 34.1. The highest BCUT2D eigenvalue weighted by atomic mass is 16.7. The summed E-state index contributed by atoms with van der Waals surface area (Å²) in [5.41, 5.74) is 6.65. The predicted octanol–water partition coefficient (Wildman–Crippen LogP) is 9.66. The van der Waals surface area contributed by atoms with Crippen molar-refractivity contribution in [3.05, 3.63) is 57.6 Å². The zero-order valence-electron chi connectivity index (χ0n) is 27.6. The van der Waals surface area contributed by atoms with E-state index >= 15 is 0 Å². The molecule has 0 unspecified atom stereocenters. The average Bonchev–Trinajstić information content (AvgIpc) is 2.73. The first-order chi connectivity index (χ1) is 17.2. The van der Waals surface area contributed by atoms with Crippen molar-refractivity contribution < 1.29 is 14.3 Å². The maximum atomic E-state index is 10.9. The summed E-state index contributed by atoms with van der Waals surface area (Å²) >= 11 is 0. The fourth-order valence-corrected chi connectivity index (χ4v) is 4.33. The molecule has 1 aliphatic rings. The van der Waals surface area contributed by atoms with Crippen LogP contribution in [-0.2, 0) is 28.1 Å². The Hall–Kier alpha value is -1.94. The molecule has 0 bridgehead atoms. The second kappa shape index (κ2) is 12.5. The minimum absolute atomic E-state index is 0.000823. The van der Waals surface area contributed by atoms with Gasteiger partial charge >= 0.3 is 7.32 Å². The average molecular weight is 525 g/mol. The summed E-state index contributed by atoms with van der Waals surface area (Å²) in [7, 11) is -1.37. The van der Waals surface area contributed by atoms with Gasteiger partial charge in [-0.05, 0) is 55.0 Å². The maximum absolute atomic E-state index is 10.9. The number of rotatable bonds is 0. The maximum Gasteiger partial charge on any atom is 0.785 e. The van der Waals surface area contributed by atoms with Crippen LogP contribution in [0.4, 0.5) is 0 Å². The standard InChI is InChI=1S/C29H43BO3.C3H8.C2H6/c1-26(2,3)20-14-18-13-19-15-21(27(4,5)6)17-23(29(10,11)12)25(19)33-30(31)32-24(18)22(16-20)28(7,8)9;1-3-2;1-2/h14-17,31H,13H2,1-12H3;3H2,1-2H3;1-2H3. The molecule has 0 spiro atoms. The number of hydrogen-bond acceptors (Lipinski definition) is 3. The molecule has 2 aromatic carbocycles. The van der Waals surface area contributed by atoms with Crippen LogP contribution in [0.1, 0.15) is 151 Å². The largest absolute Gasteiger partial charge is 0.785 e. The van der Waals surface area contributed by atoms with Crippen molar-refractivity contribution in [2.45, 2.75) is 145 Å². The monoisotopic (exact) mass is 524 g/mol. The summed E-state index contributed by atoms with van der Waals surface area (Å²) in [4.78, 5) is 0. The van der Waals surface area contributed by atoms with Crippen molar-refractivity contribution in [3.63, 3.8) is 0 Å². The molecule has 2 aromatic rings. The quantitative estimate of drug-likeness (QED) is 0.349. The molecule has 0 saturated heterocycles. The van der Waals surface area contributed by atoms with Crippen LogP contribution >= 0.6 is 0 Å². The summed E-state index contributed by atoms with van der Waals surface area (Å²) in [6.07, 6.45) is 1.94. The Bertz CT molecular complexity index is 974. The minimum atomic E-state index is -1.37. The predicted molar refractivity (Wildman–Crippen MR) is 167 cm³/mol. The second-order valence-electron chi connectivity index (χ2n) is 14.5. The Balaban J connectivity index is 0.00000135. The molecule has 0 amide bonds. The van der Waals surface area contributed by atoms with E-state index in [-0.39, 0.29) is 21.7 Å². The topological polar surface area (TPSA) is 38.7 Å². The molecule has 214 valence electrons. The summed E-state index contributed by atoms with van der Waals surface area (Å²) in [6.45, 7) is 34.8. The van der Waals surface area contributed by atoms with Crippen molar-refractivity contribution in [2.75, 3.05) is 0 Å². The van der Waals surface area contributed by atoms with Gasteiger partial charge in [-0.25, -0.2) is 0 Å². The van der Waals surface area contributed by atoms with Crippen LogP contribution in [0.5, 0.6) is 11.5 Å². The van der Waals surface area contributed by atoms with E-state index in [4.69, 9.17) is 9.31 Å². The van der Waals surface area contributed by atoms with Gasteiger partial charge < -0.3 is 14.3 Å². The van der Waals surface area contributed by atoms with Gasteiger partial charge in [0, 0.05) is 6.42 Å². The second-order valence-corrected chi connectivity index (χ2v) is 14.5. The van der Waals surface area contributed by atoms with E-state index in [0.29, 0.717) is 6.42 Å². The van der Waals surface area contributed by atoms with E-state index < -0.39 is 7.32 Å². The summed E-state index contributed by atoms with van der Waals surface area (Å²) < 4.78 is 12.2. The molecule has 1 N–H and O–H groups in total. The van der Waals surface area contributed by atoms with Crippen LogP contribution in [0, 0.1) is 0 Å². The molecule has 1 heterocycles. The highest BCUT2D eigenvalue weighted by molar-refractivity contribution is 6.37. The van der Waals surface area contributed by atoms with Crippen molar-refractivity contribution in [1.82, 2.24) is 0 Å². The van der Waals surface area contributed by atoms with Crippen molar-refractivity contribution in [3.8, 4) is 11.5 Å². The lowest BCUT2D eigenvalue weighted by molar-refractivity contribution is 0.285. The highest BCUT2D eigenvalue weighted by Gasteiger charge is 2.36. The summed E-state index contributed by atoms with van der Waals surface area (Å²) in [5.74, 6) is 1.49. The van der Waals surface area contributed by atoms with Crippen LogP contribution < -0.4 is 9.31 Å². The molecule has 0 aromatic heterocycles. The molecule has 38 heavy (non-hydrogen) atoms. The van der Waals surface area contributed by atoms with Gasteiger partial charge in [0.2, 0.25) is 0 Å². The Morgan fingerprint density at radius 2 is 0.895 bits per heavy atom. The van der Waals surface area contributed by atoms with E-state index in [1.54, 1.807) is 0 Å². The Kier molecular flexibility index (Phi) is 11.2. The first-order valence-corrected chi connectivity index (χ1v) is 14.6. The molecule has 4 heteroatoms. The molecule has 3 nitrogen and oxygen atoms in total. The fourth-order valence-electron chi connectivity index (χ4n) is 4.33. The smallest absolute Gasteiger partial charge is 0.500 e. The molecular formula is C34H57BO3. The van der Waals surface area contributed by atoms with Crippen LogP contribution in [0.25, 0.3) is 0 Å². The molecule has 0 saturated carbocycles. The van der Waals surface area contributed by atoms with Gasteiger partial charge in [0.25, 0.3) is 0 Å². The Labute approximate surface area is 235 Å². The van der Waals surface area contributed by atoms with Crippen molar-refractivity contribution in [2.24, 2.45) is 0 Å². The Morgan fingerprint density at radius 1 is 0.605 bits per heavy atom. The zero-order chi connectivity index (χ0) is 29.9. The molecular weight excluding hydrogens is 467 g/mol. The molecule has 1 aliphatic heterocycles. The van der Waals surface area contributed by atoms with Gasteiger partial charge in [-0.15, -0.1) is 0 Å². The van der Waals surface area contributed by atoms with Gasteiger partial charge in [0.05, 0.1) is 0 Å². The number of hydrogen-bond donors (Lipinski definition) is 1. The van der Waals surface area contributed by atoms with Gasteiger partial charge in [-0.2, -0.15) is 0 Å². The summed E-state index contributed by atoms with van der Waals surface area (Å²) in [5, 5.41) is 10.9. The third-order valence-corrected chi connectivity index (χ3v) is 6.50. The molecule has 0 radical (unpaired) electrons. The third-order valence-electron chi connectivity index (χ3n) is 6.50. The SMILES string of the molecule is CC.CC(C)(C)c1cc2c(c(C(C)(C)C)c1)OB(O)Oc1c(cc(C(C)(C)C)cc1C(C)(C)C)C2.CCC. The fraction of sp³-hybridized carbons (Fsp3) is 0.647. The van der Waals surface area contributed by atoms with Gasteiger partial charge in [-0.1, -0.05) is 141 Å². The lowest BCUT2D eigenvalue weighted by atomic mass is 9.76. The lowest BCUT2D eigenvalue weighted by Gasteiger charge is -2.33. The van der Waals surface area contributed by atoms with E-state index in [1.807, 2.05) is 13.8 Å². The highest BCUT2D eigenvalue weighted by Crippen LogP contribution is 2.44. The normalized spacial score (nSPS) is 13.8. The van der Waals surface area contributed by atoms with Gasteiger partial charge in [-0.3, -0.25) is 0 Å². The minimum Gasteiger partial charge on any atom is -0.500 e. The van der Waals surface area contributed by atoms with E-state index in [1.165, 1.54) is 17.5 Å². The van der Waals surface area contributed by atoms with Crippen LogP contribution in [0.15, 0.2) is 24.3 Å². The van der Waals surface area contributed by atoms with E-state index in [9.17, 15) is 5.02 Å². The van der Waals surface area contributed by atoms with Crippen molar-refractivity contribution in [1.29, 1.82) is 0 Å². The molecule has 3 rings (SSSR count). The molecule has 0 aliphatic carbocycles. The first-order valence-electron chi connectivity index (χ1n) is 14.6. The van der Waals surface area contributed by atoms with Gasteiger partial charge in [0.15, 0.2) is 0 Å². The zero-order valence-corrected chi connectivity index (χ0v) is 27.6. The number of fused-ring (bicyclic) bond motifs is 2. The molecule has 0 fully saturated rings. The Morgan fingerprint density at radius 3 is 1.13 bits per heavy atom. The third kappa shape index (κ3) is 8.53.